The lowest BCUT2D eigenvalue weighted by molar-refractivity contribution is -0.385. The van der Waals surface area contributed by atoms with Gasteiger partial charge in [0.2, 0.25) is 5.89 Å². The fraction of sp³-hybridized carbons (Fsp3) is 0.500. The maximum Gasteiger partial charge on any atom is 0.274 e. The van der Waals surface area contributed by atoms with Crippen molar-refractivity contribution in [1.29, 1.82) is 0 Å². The van der Waals surface area contributed by atoms with Crippen LogP contribution in [0.3, 0.4) is 0 Å². The molecular weight excluding hydrogens is 376 g/mol. The largest absolute Gasteiger partial charge is 0.338 e. The molecule has 0 fully saturated rings. The van der Waals surface area contributed by atoms with E-state index in [1.54, 1.807) is 12.1 Å². The molecule has 0 bridgehead atoms. The van der Waals surface area contributed by atoms with Crippen molar-refractivity contribution < 1.29 is 9.45 Å². The summed E-state index contributed by atoms with van der Waals surface area (Å²) in [6.07, 6.45) is 3.71. The Kier molecular flexibility index (Phi) is 5.25. The fourth-order valence-corrected chi connectivity index (χ4v) is 3.53. The van der Waals surface area contributed by atoms with E-state index in [4.69, 9.17) is 4.52 Å². The van der Waals surface area contributed by atoms with Gasteiger partial charge in [-0.05, 0) is 24.5 Å². The Hall–Kier alpha value is -1.80. The number of rotatable bonds is 6. The van der Waals surface area contributed by atoms with E-state index in [1.807, 2.05) is 0 Å². The molecule has 7 nitrogen and oxygen atoms in total. The van der Waals surface area contributed by atoms with Crippen LogP contribution in [0.15, 0.2) is 21.1 Å². The van der Waals surface area contributed by atoms with Crippen LogP contribution in [0.2, 0.25) is 0 Å². The monoisotopic (exact) mass is 394 g/mol. The molecule has 0 unspecified atom stereocenters. The van der Waals surface area contributed by atoms with Gasteiger partial charge in [-0.15, -0.1) is 0 Å². The fourth-order valence-electron chi connectivity index (χ4n) is 2.96. The minimum absolute atomic E-state index is 0.173. The number of aryl methyl sites for hydroxylation is 1. The highest BCUT2D eigenvalue weighted by Gasteiger charge is 2.27. The van der Waals surface area contributed by atoms with Crippen LogP contribution in [-0.4, -0.2) is 26.5 Å². The Morgan fingerprint density at radius 2 is 2.25 bits per heavy atom. The van der Waals surface area contributed by atoms with E-state index in [9.17, 15) is 10.1 Å². The van der Waals surface area contributed by atoms with Gasteiger partial charge in [0.05, 0.1) is 11.5 Å². The molecule has 3 rings (SSSR count). The van der Waals surface area contributed by atoms with Crippen molar-refractivity contribution in [1.82, 2.24) is 15.0 Å². The summed E-state index contributed by atoms with van der Waals surface area (Å²) in [5, 5.41) is 15.3. The highest BCUT2D eigenvalue weighted by atomic mass is 79.9. The molecule has 128 valence electrons. The summed E-state index contributed by atoms with van der Waals surface area (Å²) in [6, 6.07) is 3.31. The highest BCUT2D eigenvalue weighted by molar-refractivity contribution is 9.10. The SMILES string of the molecule is CCCCc1noc(CN2CCc3c(Br)ccc([N+](=O)[O-])c3C2)n1. The maximum absolute atomic E-state index is 11.3. The molecule has 0 radical (unpaired) electrons. The molecule has 1 aliphatic heterocycles. The predicted molar refractivity (Wildman–Crippen MR) is 91.5 cm³/mol. The Labute approximate surface area is 148 Å². The first-order valence-electron chi connectivity index (χ1n) is 8.07. The molecule has 0 N–H and O–H groups in total. The molecule has 1 aliphatic rings. The molecular formula is C16H19BrN4O3. The average molecular weight is 395 g/mol. The van der Waals surface area contributed by atoms with Crippen LogP contribution in [0.5, 0.6) is 0 Å². The second-order valence-corrected chi connectivity index (χ2v) is 6.80. The molecule has 0 atom stereocenters. The molecule has 0 amide bonds. The summed E-state index contributed by atoms with van der Waals surface area (Å²) in [7, 11) is 0. The summed E-state index contributed by atoms with van der Waals surface area (Å²) in [4.78, 5) is 17.5. The van der Waals surface area contributed by atoms with Crippen LogP contribution in [0.1, 0.15) is 42.6 Å². The molecule has 0 saturated heterocycles. The molecule has 1 aromatic carbocycles. The van der Waals surface area contributed by atoms with Crippen LogP contribution in [-0.2, 0) is 25.9 Å². The predicted octanol–water partition coefficient (Wildman–Crippen LogP) is 3.64. The third kappa shape index (κ3) is 3.64. The second kappa shape index (κ2) is 7.40. The zero-order valence-electron chi connectivity index (χ0n) is 13.5. The first kappa shape index (κ1) is 17.0. The molecule has 0 saturated carbocycles. The Morgan fingerprint density at radius 1 is 1.42 bits per heavy atom. The standard InChI is InChI=1S/C16H19BrN4O3/c1-2-3-4-15-18-16(24-19-15)10-20-8-7-11-12(9-20)14(21(22)23)6-5-13(11)17/h5-6H,2-4,7-10H2,1H3. The summed E-state index contributed by atoms with van der Waals surface area (Å²) in [5.41, 5.74) is 1.97. The van der Waals surface area contributed by atoms with Gasteiger partial charge in [0.1, 0.15) is 0 Å². The van der Waals surface area contributed by atoms with Gasteiger partial charge in [0.25, 0.3) is 5.69 Å². The van der Waals surface area contributed by atoms with Crippen LogP contribution in [0.25, 0.3) is 0 Å². The average Bonchev–Trinajstić information content (AvgIpc) is 3.00. The number of nitro benzene ring substituents is 1. The molecule has 0 spiro atoms. The normalized spacial score (nSPS) is 14.6. The van der Waals surface area contributed by atoms with Crippen molar-refractivity contribution in [2.24, 2.45) is 0 Å². The smallest absolute Gasteiger partial charge is 0.274 e. The number of aromatic nitrogens is 2. The maximum atomic E-state index is 11.3. The van der Waals surface area contributed by atoms with Crippen molar-refractivity contribution >= 4 is 21.6 Å². The minimum Gasteiger partial charge on any atom is -0.338 e. The van der Waals surface area contributed by atoms with E-state index in [1.165, 1.54) is 0 Å². The van der Waals surface area contributed by atoms with Crippen LogP contribution < -0.4 is 0 Å². The molecule has 24 heavy (non-hydrogen) atoms. The number of benzene rings is 1. The minimum atomic E-state index is -0.315. The Bertz CT molecular complexity index is 747. The molecule has 8 heteroatoms. The quantitative estimate of drug-likeness (QED) is 0.548. The number of nitro groups is 1. The first-order chi connectivity index (χ1) is 11.6. The van der Waals surface area contributed by atoms with E-state index in [2.05, 4.69) is 37.9 Å². The summed E-state index contributed by atoms with van der Waals surface area (Å²) in [6.45, 7) is 3.95. The number of unbranched alkanes of at least 4 members (excludes halogenated alkanes) is 1. The number of fused-ring (bicyclic) bond motifs is 1. The Balaban J connectivity index is 1.74. The van der Waals surface area contributed by atoms with Crippen molar-refractivity contribution in [2.45, 2.75) is 45.7 Å². The molecule has 0 aliphatic carbocycles. The first-order valence-corrected chi connectivity index (χ1v) is 8.86. The number of hydrogen-bond donors (Lipinski definition) is 0. The number of hydrogen-bond acceptors (Lipinski definition) is 6. The molecule has 2 heterocycles. The summed E-state index contributed by atoms with van der Waals surface area (Å²) < 4.78 is 6.24. The number of nitrogens with zero attached hydrogens (tertiary/aromatic N) is 4. The van der Waals surface area contributed by atoms with Gasteiger partial charge in [-0.1, -0.05) is 34.4 Å². The highest BCUT2D eigenvalue weighted by Crippen LogP contribution is 2.33. The van der Waals surface area contributed by atoms with E-state index < -0.39 is 0 Å². The summed E-state index contributed by atoms with van der Waals surface area (Å²) in [5.74, 6) is 1.31. The van der Waals surface area contributed by atoms with E-state index in [0.29, 0.717) is 19.0 Å². The van der Waals surface area contributed by atoms with Gasteiger partial charge >= 0.3 is 0 Å². The summed E-state index contributed by atoms with van der Waals surface area (Å²) >= 11 is 3.50. The van der Waals surface area contributed by atoms with E-state index >= 15 is 0 Å². The lowest BCUT2D eigenvalue weighted by Gasteiger charge is -2.27. The topological polar surface area (TPSA) is 85.3 Å². The van der Waals surface area contributed by atoms with Gasteiger partial charge in [-0.3, -0.25) is 15.0 Å². The van der Waals surface area contributed by atoms with Crippen LogP contribution >= 0.6 is 15.9 Å². The van der Waals surface area contributed by atoms with Gasteiger partial charge in [-0.2, -0.15) is 4.98 Å². The lowest BCUT2D eigenvalue weighted by atomic mass is 9.98. The van der Waals surface area contributed by atoms with E-state index in [-0.39, 0.29) is 10.6 Å². The van der Waals surface area contributed by atoms with Crippen molar-refractivity contribution in [2.75, 3.05) is 6.54 Å². The van der Waals surface area contributed by atoms with Gasteiger partial charge in [0.15, 0.2) is 5.82 Å². The van der Waals surface area contributed by atoms with Gasteiger partial charge in [-0.25, -0.2) is 0 Å². The molecule has 2 aromatic rings. The van der Waals surface area contributed by atoms with E-state index in [0.717, 1.165) is 53.7 Å². The van der Waals surface area contributed by atoms with Gasteiger partial charge in [0, 0.05) is 35.6 Å². The second-order valence-electron chi connectivity index (χ2n) is 5.95. The zero-order chi connectivity index (χ0) is 17.1. The third-order valence-corrected chi connectivity index (χ3v) is 4.97. The van der Waals surface area contributed by atoms with Crippen molar-refractivity contribution in [3.05, 3.63) is 49.6 Å². The van der Waals surface area contributed by atoms with Gasteiger partial charge < -0.3 is 4.52 Å². The van der Waals surface area contributed by atoms with Crippen molar-refractivity contribution in [3.8, 4) is 0 Å². The molecule has 1 aromatic heterocycles. The lowest BCUT2D eigenvalue weighted by Crippen LogP contribution is -2.31. The zero-order valence-corrected chi connectivity index (χ0v) is 15.1. The van der Waals surface area contributed by atoms with Crippen molar-refractivity contribution in [3.63, 3.8) is 0 Å². The Morgan fingerprint density at radius 3 is 3.00 bits per heavy atom. The van der Waals surface area contributed by atoms with Crippen LogP contribution in [0, 0.1) is 10.1 Å². The number of halogens is 1. The van der Waals surface area contributed by atoms with Crippen LogP contribution in [0.4, 0.5) is 5.69 Å². The third-order valence-electron chi connectivity index (χ3n) is 4.23.